The number of rotatable bonds is 4. The van der Waals surface area contributed by atoms with Crippen molar-refractivity contribution < 1.29 is 9.90 Å². The highest BCUT2D eigenvalue weighted by molar-refractivity contribution is 8.01. The molecule has 0 aliphatic carbocycles. The lowest BCUT2D eigenvalue weighted by atomic mass is 10.4. The fraction of sp³-hybridized carbons (Fsp3) is 0.286. The number of carboxylic acids is 1. The molecule has 0 aromatic carbocycles. The van der Waals surface area contributed by atoms with Crippen LogP contribution < -0.4 is 5.73 Å². The molecule has 3 N–H and O–H groups in total. The molecule has 1 aromatic rings. The predicted octanol–water partition coefficient (Wildman–Crippen LogP) is 1.25. The molecule has 1 rings (SSSR count). The van der Waals surface area contributed by atoms with Crippen LogP contribution in [0.1, 0.15) is 0 Å². The molecule has 0 aliphatic rings. The van der Waals surface area contributed by atoms with E-state index in [0.717, 1.165) is 4.21 Å². The maximum Gasteiger partial charge on any atom is 0.321 e. The molecule has 12 heavy (non-hydrogen) atoms. The van der Waals surface area contributed by atoms with Crippen molar-refractivity contribution in [3.63, 3.8) is 0 Å². The maximum absolute atomic E-state index is 10.3. The number of thiophene rings is 1. The van der Waals surface area contributed by atoms with Crippen molar-refractivity contribution in [2.45, 2.75) is 10.3 Å². The van der Waals surface area contributed by atoms with Crippen LogP contribution in [0.3, 0.4) is 0 Å². The van der Waals surface area contributed by atoms with Gasteiger partial charge in [-0.1, -0.05) is 6.07 Å². The molecule has 3 nitrogen and oxygen atoms in total. The number of nitrogens with two attached hydrogens (primary N) is 1. The molecule has 0 bridgehead atoms. The third kappa shape index (κ3) is 2.84. The minimum absolute atomic E-state index is 0.426. The van der Waals surface area contributed by atoms with Gasteiger partial charge in [0.2, 0.25) is 0 Å². The number of hydrogen-bond acceptors (Lipinski definition) is 4. The van der Waals surface area contributed by atoms with Gasteiger partial charge in [-0.2, -0.15) is 0 Å². The lowest BCUT2D eigenvalue weighted by Gasteiger charge is -2.03. The molecule has 0 spiro atoms. The van der Waals surface area contributed by atoms with Gasteiger partial charge in [-0.15, -0.1) is 23.1 Å². The maximum atomic E-state index is 10.3. The van der Waals surface area contributed by atoms with E-state index < -0.39 is 12.0 Å². The zero-order valence-corrected chi connectivity index (χ0v) is 7.90. The number of carboxylic acid groups (broad SMARTS) is 1. The first kappa shape index (κ1) is 9.57. The lowest BCUT2D eigenvalue weighted by molar-refractivity contribution is -0.137. The Hall–Kier alpha value is -0.520. The summed E-state index contributed by atoms with van der Waals surface area (Å²) < 4.78 is 1.10. The molecule has 0 saturated heterocycles. The molecule has 66 valence electrons. The number of thioether (sulfide) groups is 1. The highest BCUT2D eigenvalue weighted by Gasteiger charge is 2.11. The van der Waals surface area contributed by atoms with Gasteiger partial charge in [-0.05, 0) is 11.4 Å². The quantitative estimate of drug-likeness (QED) is 0.723. The van der Waals surface area contributed by atoms with Gasteiger partial charge >= 0.3 is 5.97 Å². The van der Waals surface area contributed by atoms with Gasteiger partial charge < -0.3 is 10.8 Å². The Balaban J connectivity index is 2.31. The standard InChI is InChI=1S/C7H9NO2S2/c8-5(7(9)10)4-12-6-2-1-3-11-6/h1-3,5H,4,8H2,(H,9,10)/t5-/m0/s1. The van der Waals surface area contributed by atoms with Gasteiger partial charge in [-0.3, -0.25) is 4.79 Å². The van der Waals surface area contributed by atoms with Crippen molar-refractivity contribution >= 4 is 29.1 Å². The van der Waals surface area contributed by atoms with E-state index in [1.54, 1.807) is 11.3 Å². The van der Waals surface area contributed by atoms with Gasteiger partial charge in [0.1, 0.15) is 6.04 Å². The van der Waals surface area contributed by atoms with Crippen LogP contribution in [0, 0.1) is 0 Å². The lowest BCUT2D eigenvalue weighted by Crippen LogP contribution is -2.32. The van der Waals surface area contributed by atoms with Crippen LogP contribution in [-0.2, 0) is 4.79 Å². The molecule has 5 heteroatoms. The van der Waals surface area contributed by atoms with Crippen molar-refractivity contribution in [1.29, 1.82) is 0 Å². The summed E-state index contributed by atoms with van der Waals surface area (Å²) >= 11 is 3.07. The molecule has 1 heterocycles. The van der Waals surface area contributed by atoms with Crippen LogP contribution in [0.4, 0.5) is 0 Å². The summed E-state index contributed by atoms with van der Waals surface area (Å²) in [5, 5.41) is 10.4. The Kier molecular flexibility index (Phi) is 3.58. The van der Waals surface area contributed by atoms with Crippen molar-refractivity contribution in [2.24, 2.45) is 5.73 Å². The second-order valence-corrected chi connectivity index (χ2v) is 4.46. The minimum Gasteiger partial charge on any atom is -0.480 e. The molecular formula is C7H9NO2S2. The van der Waals surface area contributed by atoms with E-state index in [1.165, 1.54) is 11.8 Å². The fourth-order valence-corrected chi connectivity index (χ4v) is 2.34. The Morgan fingerprint density at radius 1 is 1.83 bits per heavy atom. The summed E-state index contributed by atoms with van der Waals surface area (Å²) in [6.07, 6.45) is 0. The SMILES string of the molecule is N[C@@H](CSc1cccs1)C(=O)O. The van der Waals surface area contributed by atoms with Gasteiger partial charge in [-0.25, -0.2) is 0 Å². The molecule has 0 amide bonds. The second-order valence-electron chi connectivity index (χ2n) is 2.19. The van der Waals surface area contributed by atoms with Crippen LogP contribution in [0.2, 0.25) is 0 Å². The number of carbonyl (C=O) groups is 1. The fourth-order valence-electron chi connectivity index (χ4n) is 0.589. The van der Waals surface area contributed by atoms with E-state index in [0.29, 0.717) is 5.75 Å². The van der Waals surface area contributed by atoms with Crippen molar-refractivity contribution in [1.82, 2.24) is 0 Å². The first-order valence-electron chi connectivity index (χ1n) is 3.35. The predicted molar refractivity (Wildman–Crippen MR) is 50.7 cm³/mol. The minimum atomic E-state index is -0.945. The van der Waals surface area contributed by atoms with Crippen LogP contribution in [-0.4, -0.2) is 22.9 Å². The average molecular weight is 203 g/mol. The average Bonchev–Trinajstić information content (AvgIpc) is 2.51. The van der Waals surface area contributed by atoms with E-state index in [9.17, 15) is 4.79 Å². The second kappa shape index (κ2) is 4.49. The summed E-state index contributed by atoms with van der Waals surface area (Å²) in [6.45, 7) is 0. The summed E-state index contributed by atoms with van der Waals surface area (Å²) in [6, 6.07) is 3.11. The third-order valence-electron chi connectivity index (χ3n) is 1.22. The normalized spacial score (nSPS) is 12.8. The van der Waals surface area contributed by atoms with Gasteiger partial charge in [0.05, 0.1) is 4.21 Å². The zero-order chi connectivity index (χ0) is 8.97. The molecule has 0 radical (unpaired) electrons. The van der Waals surface area contributed by atoms with Crippen LogP contribution in [0.25, 0.3) is 0 Å². The highest BCUT2D eigenvalue weighted by atomic mass is 32.2. The Morgan fingerprint density at radius 2 is 2.58 bits per heavy atom. The third-order valence-corrected chi connectivity index (χ3v) is 3.47. The van der Waals surface area contributed by atoms with Gasteiger partial charge in [0.25, 0.3) is 0 Å². The number of aliphatic carboxylic acids is 1. The van der Waals surface area contributed by atoms with Crippen LogP contribution >= 0.6 is 23.1 Å². The van der Waals surface area contributed by atoms with Gasteiger partial charge in [0, 0.05) is 5.75 Å². The van der Waals surface area contributed by atoms with E-state index in [-0.39, 0.29) is 0 Å². The Labute approximate surface area is 78.6 Å². The smallest absolute Gasteiger partial charge is 0.321 e. The first-order valence-corrected chi connectivity index (χ1v) is 5.21. The van der Waals surface area contributed by atoms with Crippen LogP contribution in [0.15, 0.2) is 21.7 Å². The monoisotopic (exact) mass is 203 g/mol. The molecule has 1 aromatic heterocycles. The molecule has 0 saturated carbocycles. The molecular weight excluding hydrogens is 194 g/mol. The topological polar surface area (TPSA) is 63.3 Å². The molecule has 0 fully saturated rings. The van der Waals surface area contributed by atoms with Crippen LogP contribution in [0.5, 0.6) is 0 Å². The van der Waals surface area contributed by atoms with E-state index in [4.69, 9.17) is 10.8 Å². The summed E-state index contributed by atoms with van der Waals surface area (Å²) in [7, 11) is 0. The zero-order valence-electron chi connectivity index (χ0n) is 6.27. The molecule has 0 aliphatic heterocycles. The Bertz CT molecular complexity index is 248. The summed E-state index contributed by atoms with van der Waals surface area (Å²) in [5.74, 6) is -0.519. The van der Waals surface area contributed by atoms with E-state index >= 15 is 0 Å². The van der Waals surface area contributed by atoms with Crippen molar-refractivity contribution in [3.8, 4) is 0 Å². The van der Waals surface area contributed by atoms with Crippen molar-refractivity contribution in [3.05, 3.63) is 17.5 Å². The summed E-state index contributed by atoms with van der Waals surface area (Å²) in [5.41, 5.74) is 5.32. The first-order chi connectivity index (χ1) is 5.70. The van der Waals surface area contributed by atoms with E-state index in [2.05, 4.69) is 0 Å². The Morgan fingerprint density at radius 3 is 3.08 bits per heavy atom. The summed E-state index contributed by atoms with van der Waals surface area (Å²) in [4.78, 5) is 10.3. The van der Waals surface area contributed by atoms with E-state index in [1.807, 2.05) is 17.5 Å². The molecule has 1 atom stereocenters. The largest absolute Gasteiger partial charge is 0.480 e. The molecule has 0 unspecified atom stereocenters. The van der Waals surface area contributed by atoms with Gasteiger partial charge in [0.15, 0.2) is 0 Å². The van der Waals surface area contributed by atoms with Crippen molar-refractivity contribution in [2.75, 3.05) is 5.75 Å². The highest BCUT2D eigenvalue weighted by Crippen LogP contribution is 2.23. The number of hydrogen-bond donors (Lipinski definition) is 2.